The van der Waals surface area contributed by atoms with E-state index in [0.29, 0.717) is 44.2 Å². The van der Waals surface area contributed by atoms with Gasteiger partial charge in [0.2, 0.25) is 5.88 Å². The van der Waals surface area contributed by atoms with E-state index >= 15 is 0 Å². The third-order valence-corrected chi connectivity index (χ3v) is 7.03. The normalized spacial score (nSPS) is 13.8. The molecule has 0 saturated heterocycles. The molecule has 1 unspecified atom stereocenters. The van der Waals surface area contributed by atoms with Gasteiger partial charge in [0.05, 0.1) is 13.0 Å². The number of halogens is 2. The maximum atomic E-state index is 12.4. The van der Waals surface area contributed by atoms with Gasteiger partial charge in [-0.1, -0.05) is 59.6 Å². The zero-order chi connectivity index (χ0) is 29.6. The van der Waals surface area contributed by atoms with Crippen LogP contribution in [0.2, 0.25) is 10.0 Å². The van der Waals surface area contributed by atoms with E-state index in [1.807, 2.05) is 12.1 Å². The number of hydrogen-bond donors (Lipinski definition) is 1. The highest BCUT2D eigenvalue weighted by Gasteiger charge is 2.32. The molecule has 1 heterocycles. The van der Waals surface area contributed by atoms with Crippen LogP contribution in [0.4, 0.5) is 0 Å². The average molecular weight is 603 g/mol. The minimum atomic E-state index is -0.590. The van der Waals surface area contributed by atoms with Crippen LogP contribution in [0.3, 0.4) is 0 Å². The van der Waals surface area contributed by atoms with Gasteiger partial charge in [-0.15, -0.1) is 0 Å². The molecule has 0 saturated carbocycles. The van der Waals surface area contributed by atoms with E-state index in [1.165, 1.54) is 7.11 Å². The second-order valence-corrected chi connectivity index (χ2v) is 9.98. The molecule has 0 bridgehead atoms. The van der Waals surface area contributed by atoms with Crippen molar-refractivity contribution in [3.63, 3.8) is 0 Å². The van der Waals surface area contributed by atoms with Crippen LogP contribution in [0.1, 0.15) is 22.6 Å². The summed E-state index contributed by atoms with van der Waals surface area (Å²) in [4.78, 5) is 12.4. The van der Waals surface area contributed by atoms with Gasteiger partial charge in [-0.3, -0.25) is 0 Å². The second kappa shape index (κ2) is 12.8. The van der Waals surface area contributed by atoms with Crippen LogP contribution in [-0.2, 0) is 11.4 Å². The van der Waals surface area contributed by atoms with Gasteiger partial charge in [0.15, 0.2) is 18.1 Å². The number of fused-ring (bicyclic) bond motifs is 1. The number of carbonyl (C=O) groups excluding carboxylic acids is 1. The van der Waals surface area contributed by atoms with Crippen LogP contribution < -0.4 is 29.4 Å². The van der Waals surface area contributed by atoms with Gasteiger partial charge in [0, 0.05) is 27.2 Å². The Bertz CT molecular complexity index is 1700. The van der Waals surface area contributed by atoms with Crippen molar-refractivity contribution in [3.8, 4) is 34.8 Å². The number of nitriles is 1. The molecule has 4 aromatic carbocycles. The molecular formula is C32H24Cl2N2O6. The predicted octanol–water partition coefficient (Wildman–Crippen LogP) is 6.78. The number of esters is 1. The SMILES string of the molecule is COc1cc(C2C(C#N)=C(N)Oc3cc(OC(=O)COc4ccccc4)ccc32)ccc1OCc1ccc(Cl)cc1Cl. The fourth-order valence-corrected chi connectivity index (χ4v) is 4.90. The molecule has 2 N–H and O–H groups in total. The first-order valence-corrected chi connectivity index (χ1v) is 13.5. The van der Waals surface area contributed by atoms with E-state index in [0.717, 1.165) is 5.56 Å². The average Bonchev–Trinajstić information content (AvgIpc) is 2.99. The zero-order valence-electron chi connectivity index (χ0n) is 22.3. The Morgan fingerprint density at radius 2 is 1.76 bits per heavy atom. The standard InChI is InChI=1S/C32H24Cl2N2O6/c1-38-29-13-19(8-12-27(29)40-17-20-7-9-21(33)14-26(20)34)31-24-11-10-23(15-28(24)42-32(36)25(31)16-35)41-30(37)18-39-22-5-3-2-4-6-22/h2-15,31H,17-18,36H2,1H3. The molecule has 0 radical (unpaired) electrons. The molecule has 0 aliphatic carbocycles. The van der Waals surface area contributed by atoms with Crippen molar-refractivity contribution >= 4 is 29.2 Å². The summed E-state index contributed by atoms with van der Waals surface area (Å²) in [5, 5.41) is 11.0. The Morgan fingerprint density at radius 1 is 0.952 bits per heavy atom. The first kappa shape index (κ1) is 28.7. The molecule has 1 atom stereocenters. The molecule has 212 valence electrons. The van der Waals surface area contributed by atoms with Gasteiger partial charge < -0.3 is 29.4 Å². The van der Waals surface area contributed by atoms with Gasteiger partial charge in [0.25, 0.3) is 0 Å². The van der Waals surface area contributed by atoms with Crippen molar-refractivity contribution in [3.05, 3.63) is 123 Å². The summed E-state index contributed by atoms with van der Waals surface area (Å²) >= 11 is 12.3. The highest BCUT2D eigenvalue weighted by atomic mass is 35.5. The second-order valence-electron chi connectivity index (χ2n) is 9.13. The Labute approximate surface area is 252 Å². The smallest absolute Gasteiger partial charge is 0.349 e. The number of nitrogens with two attached hydrogens (primary N) is 1. The quantitative estimate of drug-likeness (QED) is 0.165. The summed E-state index contributed by atoms with van der Waals surface area (Å²) in [6.07, 6.45) is 0. The summed E-state index contributed by atoms with van der Waals surface area (Å²) in [5.41, 5.74) is 8.52. The number of benzene rings is 4. The Hall–Kier alpha value is -4.84. The van der Waals surface area contributed by atoms with E-state index < -0.39 is 11.9 Å². The highest BCUT2D eigenvalue weighted by molar-refractivity contribution is 6.35. The monoisotopic (exact) mass is 602 g/mol. The topological polar surface area (TPSA) is 113 Å². The van der Waals surface area contributed by atoms with Crippen LogP contribution in [0.5, 0.6) is 28.7 Å². The van der Waals surface area contributed by atoms with Crippen molar-refractivity contribution < 1.29 is 28.5 Å². The summed E-state index contributed by atoms with van der Waals surface area (Å²) < 4.78 is 28.2. The number of carbonyl (C=O) groups is 1. The lowest BCUT2D eigenvalue weighted by molar-refractivity contribution is -0.136. The van der Waals surface area contributed by atoms with Crippen molar-refractivity contribution in [2.45, 2.75) is 12.5 Å². The number of rotatable bonds is 9. The molecule has 8 nitrogen and oxygen atoms in total. The number of nitrogens with zero attached hydrogens (tertiary/aromatic N) is 1. The summed E-state index contributed by atoms with van der Waals surface area (Å²) in [6.45, 7) is -0.0797. The van der Waals surface area contributed by atoms with Gasteiger partial charge in [-0.25, -0.2) is 4.79 Å². The third kappa shape index (κ3) is 6.39. The van der Waals surface area contributed by atoms with Crippen LogP contribution >= 0.6 is 23.2 Å². The molecular weight excluding hydrogens is 579 g/mol. The molecule has 0 spiro atoms. The summed E-state index contributed by atoms with van der Waals surface area (Å²) in [7, 11) is 1.52. The molecule has 0 fully saturated rings. The van der Waals surface area contributed by atoms with Crippen molar-refractivity contribution in [2.24, 2.45) is 5.73 Å². The van der Waals surface area contributed by atoms with Gasteiger partial charge in [0.1, 0.15) is 35.5 Å². The first-order chi connectivity index (χ1) is 20.4. The van der Waals surface area contributed by atoms with Crippen molar-refractivity contribution in [1.29, 1.82) is 5.26 Å². The third-order valence-electron chi connectivity index (χ3n) is 6.44. The van der Waals surface area contributed by atoms with E-state index in [-0.39, 0.29) is 30.4 Å². The van der Waals surface area contributed by atoms with Crippen LogP contribution in [-0.4, -0.2) is 19.7 Å². The number of para-hydroxylation sites is 1. The lowest BCUT2D eigenvalue weighted by Crippen LogP contribution is -2.21. The predicted molar refractivity (Wildman–Crippen MR) is 157 cm³/mol. The van der Waals surface area contributed by atoms with Crippen LogP contribution in [0.15, 0.2) is 96.4 Å². The lowest BCUT2D eigenvalue weighted by atomic mass is 9.83. The molecule has 4 aromatic rings. The minimum Gasteiger partial charge on any atom is -0.493 e. The largest absolute Gasteiger partial charge is 0.493 e. The lowest BCUT2D eigenvalue weighted by Gasteiger charge is -2.27. The Kier molecular flexibility index (Phi) is 8.72. The van der Waals surface area contributed by atoms with E-state index in [1.54, 1.807) is 72.8 Å². The van der Waals surface area contributed by atoms with Crippen molar-refractivity contribution in [1.82, 2.24) is 0 Å². The molecule has 1 aliphatic rings. The van der Waals surface area contributed by atoms with Gasteiger partial charge in [-0.05, 0) is 48.0 Å². The van der Waals surface area contributed by atoms with Gasteiger partial charge >= 0.3 is 5.97 Å². The molecule has 1 aliphatic heterocycles. The number of methoxy groups -OCH3 is 1. The first-order valence-electron chi connectivity index (χ1n) is 12.7. The summed E-state index contributed by atoms with van der Waals surface area (Å²) in [5.74, 6) is 0.856. The van der Waals surface area contributed by atoms with E-state index in [9.17, 15) is 10.1 Å². The van der Waals surface area contributed by atoms with E-state index in [4.69, 9.17) is 52.6 Å². The maximum Gasteiger partial charge on any atom is 0.349 e. The maximum absolute atomic E-state index is 12.4. The molecule has 5 rings (SSSR count). The Morgan fingerprint density at radius 3 is 2.50 bits per heavy atom. The molecule has 0 amide bonds. The highest BCUT2D eigenvalue weighted by Crippen LogP contribution is 2.45. The van der Waals surface area contributed by atoms with Crippen LogP contribution in [0, 0.1) is 11.3 Å². The molecule has 0 aromatic heterocycles. The fraction of sp³-hybridized carbons (Fsp3) is 0.125. The molecule has 10 heteroatoms. The summed E-state index contributed by atoms with van der Waals surface area (Å²) in [6, 6.07) is 26.5. The number of ether oxygens (including phenoxy) is 5. The zero-order valence-corrected chi connectivity index (χ0v) is 23.8. The minimum absolute atomic E-state index is 0.0532. The van der Waals surface area contributed by atoms with E-state index in [2.05, 4.69) is 6.07 Å². The van der Waals surface area contributed by atoms with Crippen molar-refractivity contribution in [2.75, 3.05) is 13.7 Å². The van der Waals surface area contributed by atoms with Gasteiger partial charge in [-0.2, -0.15) is 5.26 Å². The fourth-order valence-electron chi connectivity index (χ4n) is 4.44. The Balaban J connectivity index is 1.37. The number of hydrogen-bond acceptors (Lipinski definition) is 8. The number of allylic oxidation sites excluding steroid dienone is 1. The van der Waals surface area contributed by atoms with Crippen LogP contribution in [0.25, 0.3) is 0 Å². The molecule has 42 heavy (non-hydrogen) atoms.